The summed E-state index contributed by atoms with van der Waals surface area (Å²) in [7, 11) is 2.12. The molecule has 0 unspecified atom stereocenters. The van der Waals surface area contributed by atoms with Crippen LogP contribution < -0.4 is 4.74 Å². The second kappa shape index (κ2) is 4.90. The first-order chi connectivity index (χ1) is 7.93. The van der Waals surface area contributed by atoms with E-state index >= 15 is 0 Å². The standard InChI is InChI=1S/C11H10F2O4/c1-5(14)8-9(13)6(11(15)17-3)4-7(12)10(8)16-2/h4H,1-3H3. The van der Waals surface area contributed by atoms with Crippen LogP contribution >= 0.6 is 0 Å². The number of esters is 1. The lowest BCUT2D eigenvalue weighted by molar-refractivity contribution is 0.0594. The van der Waals surface area contributed by atoms with Gasteiger partial charge in [0.25, 0.3) is 0 Å². The summed E-state index contributed by atoms with van der Waals surface area (Å²) in [6, 6.07) is 0.631. The van der Waals surface area contributed by atoms with Gasteiger partial charge in [-0.2, -0.15) is 0 Å². The van der Waals surface area contributed by atoms with Crippen LogP contribution in [-0.4, -0.2) is 26.0 Å². The molecule has 1 aromatic rings. The molecule has 0 aromatic heterocycles. The molecule has 0 bridgehead atoms. The topological polar surface area (TPSA) is 52.6 Å². The van der Waals surface area contributed by atoms with Gasteiger partial charge in [-0.1, -0.05) is 0 Å². The number of hydrogen-bond acceptors (Lipinski definition) is 4. The second-order valence-electron chi connectivity index (χ2n) is 3.18. The predicted octanol–water partition coefficient (Wildman–Crippen LogP) is 1.96. The van der Waals surface area contributed by atoms with Gasteiger partial charge in [-0.15, -0.1) is 0 Å². The molecule has 0 saturated carbocycles. The largest absolute Gasteiger partial charge is 0.493 e. The monoisotopic (exact) mass is 244 g/mol. The maximum Gasteiger partial charge on any atom is 0.340 e. The molecular weight excluding hydrogens is 234 g/mol. The molecule has 0 aliphatic carbocycles. The van der Waals surface area contributed by atoms with Gasteiger partial charge in [0.2, 0.25) is 0 Å². The van der Waals surface area contributed by atoms with E-state index in [1.165, 1.54) is 0 Å². The Kier molecular flexibility index (Phi) is 3.77. The fourth-order valence-electron chi connectivity index (χ4n) is 1.38. The van der Waals surface area contributed by atoms with E-state index in [0.717, 1.165) is 21.1 Å². The predicted molar refractivity (Wildman–Crippen MR) is 54.3 cm³/mol. The van der Waals surface area contributed by atoms with E-state index in [2.05, 4.69) is 9.47 Å². The third kappa shape index (κ3) is 2.25. The van der Waals surface area contributed by atoms with Crippen LogP contribution in [-0.2, 0) is 4.74 Å². The first-order valence-corrected chi connectivity index (χ1v) is 4.59. The van der Waals surface area contributed by atoms with Gasteiger partial charge in [-0.25, -0.2) is 13.6 Å². The average molecular weight is 244 g/mol. The number of benzene rings is 1. The van der Waals surface area contributed by atoms with Crippen LogP contribution in [0.15, 0.2) is 6.07 Å². The van der Waals surface area contributed by atoms with Crippen molar-refractivity contribution in [3.05, 3.63) is 28.8 Å². The van der Waals surface area contributed by atoms with Crippen molar-refractivity contribution in [2.24, 2.45) is 0 Å². The van der Waals surface area contributed by atoms with Crippen molar-refractivity contribution in [2.45, 2.75) is 6.92 Å². The number of rotatable bonds is 3. The summed E-state index contributed by atoms with van der Waals surface area (Å²) >= 11 is 0. The van der Waals surface area contributed by atoms with E-state index in [1.807, 2.05) is 0 Å². The Hall–Kier alpha value is -1.98. The Labute approximate surface area is 96.1 Å². The van der Waals surface area contributed by atoms with Gasteiger partial charge in [0.1, 0.15) is 0 Å². The Morgan fingerprint density at radius 2 is 1.82 bits per heavy atom. The van der Waals surface area contributed by atoms with Gasteiger partial charge >= 0.3 is 5.97 Å². The molecule has 0 fully saturated rings. The van der Waals surface area contributed by atoms with Crippen molar-refractivity contribution in [1.82, 2.24) is 0 Å². The third-order valence-electron chi connectivity index (χ3n) is 2.13. The van der Waals surface area contributed by atoms with E-state index < -0.39 is 40.3 Å². The van der Waals surface area contributed by atoms with Gasteiger partial charge in [-0.05, 0) is 13.0 Å². The van der Waals surface area contributed by atoms with Gasteiger partial charge in [0.15, 0.2) is 23.2 Å². The van der Waals surface area contributed by atoms with Crippen molar-refractivity contribution in [3.8, 4) is 5.75 Å². The molecule has 1 rings (SSSR count). The highest BCUT2D eigenvalue weighted by Gasteiger charge is 2.25. The number of Topliss-reactive ketones (excluding diaryl/α,β-unsaturated/α-hetero) is 1. The summed E-state index contributed by atoms with van der Waals surface area (Å²) in [6.07, 6.45) is 0. The maximum absolute atomic E-state index is 13.8. The van der Waals surface area contributed by atoms with E-state index in [9.17, 15) is 18.4 Å². The second-order valence-corrected chi connectivity index (χ2v) is 3.18. The van der Waals surface area contributed by atoms with Gasteiger partial charge in [0.05, 0.1) is 25.3 Å². The highest BCUT2D eigenvalue weighted by atomic mass is 19.1. The zero-order valence-electron chi connectivity index (χ0n) is 9.47. The van der Waals surface area contributed by atoms with E-state index in [0.29, 0.717) is 6.07 Å². The average Bonchev–Trinajstić information content (AvgIpc) is 2.29. The van der Waals surface area contributed by atoms with Crippen LogP contribution in [0.1, 0.15) is 27.6 Å². The number of carbonyl (C=O) groups excluding carboxylic acids is 2. The molecule has 0 amide bonds. The van der Waals surface area contributed by atoms with E-state index in [4.69, 9.17) is 0 Å². The van der Waals surface area contributed by atoms with Crippen LogP contribution in [0.5, 0.6) is 5.75 Å². The molecule has 0 heterocycles. The quantitative estimate of drug-likeness (QED) is 0.602. The minimum atomic E-state index is -1.15. The molecule has 92 valence electrons. The normalized spacial score (nSPS) is 9.94. The SMILES string of the molecule is COC(=O)c1cc(F)c(OC)c(C(C)=O)c1F. The smallest absolute Gasteiger partial charge is 0.340 e. The summed E-state index contributed by atoms with van der Waals surface area (Å²) in [5.41, 5.74) is -1.25. The molecule has 6 heteroatoms. The lowest BCUT2D eigenvalue weighted by Gasteiger charge is -2.10. The van der Waals surface area contributed by atoms with Crippen LogP contribution in [0.4, 0.5) is 8.78 Å². The fourth-order valence-corrected chi connectivity index (χ4v) is 1.38. The Balaban J connectivity index is 3.60. The molecule has 4 nitrogen and oxygen atoms in total. The van der Waals surface area contributed by atoms with Crippen LogP contribution in [0, 0.1) is 11.6 Å². The zero-order chi connectivity index (χ0) is 13.2. The Morgan fingerprint density at radius 1 is 1.24 bits per heavy atom. The molecule has 0 spiro atoms. The summed E-state index contributed by atoms with van der Waals surface area (Å²) in [4.78, 5) is 22.4. The number of halogens is 2. The zero-order valence-corrected chi connectivity index (χ0v) is 9.47. The van der Waals surface area contributed by atoms with Crippen LogP contribution in [0.2, 0.25) is 0 Å². The number of methoxy groups -OCH3 is 2. The summed E-state index contributed by atoms with van der Waals surface area (Å²) < 4.78 is 36.2. The summed E-state index contributed by atoms with van der Waals surface area (Å²) in [5, 5.41) is 0. The van der Waals surface area contributed by atoms with E-state index in [-0.39, 0.29) is 0 Å². The number of ether oxygens (including phenoxy) is 2. The van der Waals surface area contributed by atoms with Crippen molar-refractivity contribution in [3.63, 3.8) is 0 Å². The Bertz CT molecular complexity index is 483. The molecule has 0 N–H and O–H groups in total. The lowest BCUT2D eigenvalue weighted by atomic mass is 10.0. The molecule has 0 saturated heterocycles. The molecule has 0 radical (unpaired) electrons. The fraction of sp³-hybridized carbons (Fsp3) is 0.273. The molecule has 0 aliphatic heterocycles. The molecule has 0 atom stereocenters. The van der Waals surface area contributed by atoms with Crippen LogP contribution in [0.3, 0.4) is 0 Å². The van der Waals surface area contributed by atoms with Crippen molar-refractivity contribution in [1.29, 1.82) is 0 Å². The molecule has 17 heavy (non-hydrogen) atoms. The minimum absolute atomic E-state index is 0.525. The summed E-state index contributed by atoms with van der Waals surface area (Å²) in [6.45, 7) is 1.04. The number of ketones is 1. The molecule has 0 aliphatic rings. The van der Waals surface area contributed by atoms with Gasteiger partial charge < -0.3 is 9.47 Å². The minimum Gasteiger partial charge on any atom is -0.493 e. The highest BCUT2D eigenvalue weighted by Crippen LogP contribution is 2.28. The van der Waals surface area contributed by atoms with Crippen molar-refractivity contribution < 1.29 is 27.8 Å². The first-order valence-electron chi connectivity index (χ1n) is 4.59. The third-order valence-corrected chi connectivity index (χ3v) is 2.13. The molecular formula is C11H10F2O4. The van der Waals surface area contributed by atoms with Crippen LogP contribution in [0.25, 0.3) is 0 Å². The van der Waals surface area contributed by atoms with Crippen molar-refractivity contribution >= 4 is 11.8 Å². The van der Waals surface area contributed by atoms with Gasteiger partial charge in [-0.3, -0.25) is 4.79 Å². The Morgan fingerprint density at radius 3 is 2.24 bits per heavy atom. The van der Waals surface area contributed by atoms with Crippen molar-refractivity contribution in [2.75, 3.05) is 14.2 Å². The number of hydrogen-bond donors (Lipinski definition) is 0. The van der Waals surface area contributed by atoms with E-state index in [1.54, 1.807) is 0 Å². The maximum atomic E-state index is 13.8. The van der Waals surface area contributed by atoms with Gasteiger partial charge in [0, 0.05) is 0 Å². The first kappa shape index (κ1) is 13.1. The number of carbonyl (C=O) groups is 2. The molecule has 1 aromatic carbocycles. The lowest BCUT2D eigenvalue weighted by Crippen LogP contribution is -2.12. The summed E-state index contributed by atoms with van der Waals surface area (Å²) in [5.74, 6) is -4.49. The highest BCUT2D eigenvalue weighted by molar-refractivity contribution is 6.00.